The number of amides is 1. The summed E-state index contributed by atoms with van der Waals surface area (Å²) in [6.07, 6.45) is -3.78. The maximum atomic E-state index is 11.4. The number of fused-ring (bicyclic) bond motifs is 3. The second-order valence-corrected chi connectivity index (χ2v) is 6.58. The van der Waals surface area contributed by atoms with Gasteiger partial charge in [0.05, 0.1) is 6.61 Å². The molecular formula is C10H15NO9S. The van der Waals surface area contributed by atoms with Crippen LogP contribution in [0.15, 0.2) is 0 Å². The minimum Gasteiger partial charge on any atom is -0.444 e. The van der Waals surface area contributed by atoms with Gasteiger partial charge in [0, 0.05) is 0 Å². The number of hydrogen-bond acceptors (Lipinski definition) is 9. The first-order valence-corrected chi connectivity index (χ1v) is 7.52. The first-order valence-electron chi connectivity index (χ1n) is 6.18. The van der Waals surface area contributed by atoms with Crippen LogP contribution in [0.1, 0.15) is 13.8 Å². The van der Waals surface area contributed by atoms with Crippen LogP contribution in [-0.2, 0) is 37.7 Å². The molecule has 0 aliphatic carbocycles. The Morgan fingerprint density at radius 2 is 2.10 bits per heavy atom. The van der Waals surface area contributed by atoms with Gasteiger partial charge in [0.1, 0.15) is 18.3 Å². The molecule has 0 saturated carbocycles. The Morgan fingerprint density at radius 3 is 2.76 bits per heavy atom. The fourth-order valence-corrected chi connectivity index (χ4v) is 3.68. The summed E-state index contributed by atoms with van der Waals surface area (Å²) in [5.41, 5.74) is 4.94. The number of carbonyl (C=O) groups excluding carboxylic acids is 1. The molecule has 3 saturated heterocycles. The van der Waals surface area contributed by atoms with E-state index in [9.17, 15) is 13.2 Å². The third kappa shape index (κ3) is 2.60. The predicted octanol–water partition coefficient (Wildman–Crippen LogP) is -1.01. The van der Waals surface area contributed by atoms with Crippen molar-refractivity contribution in [2.75, 3.05) is 13.2 Å². The van der Waals surface area contributed by atoms with Crippen molar-refractivity contribution in [1.82, 2.24) is 0 Å². The standard InChI is InChI=1S/C10H15NO9S/c1-9(2)17-7-6-5(18-21(13,14)19-6)3-16-10(7,20-9)4-15-8(11)12/h5-7H,3-4H2,1-2H3,(H2,11,12)/t5-,6-,7+,10+/m1/s1. The smallest absolute Gasteiger partial charge is 0.404 e. The Kier molecular flexibility index (Phi) is 3.21. The number of ether oxygens (including phenoxy) is 4. The number of carbonyl (C=O) groups is 1. The molecule has 0 aromatic heterocycles. The van der Waals surface area contributed by atoms with Crippen molar-refractivity contribution in [3.63, 3.8) is 0 Å². The summed E-state index contributed by atoms with van der Waals surface area (Å²) in [6, 6.07) is 0. The molecule has 2 N–H and O–H groups in total. The molecule has 0 aromatic carbocycles. The van der Waals surface area contributed by atoms with Gasteiger partial charge in [-0.05, 0) is 13.8 Å². The largest absolute Gasteiger partial charge is 0.444 e. The maximum Gasteiger partial charge on any atom is 0.404 e. The topological polar surface area (TPSA) is 133 Å². The zero-order valence-electron chi connectivity index (χ0n) is 11.3. The van der Waals surface area contributed by atoms with E-state index < -0.39 is 46.4 Å². The summed E-state index contributed by atoms with van der Waals surface area (Å²) in [5, 5.41) is 0. The van der Waals surface area contributed by atoms with Gasteiger partial charge in [-0.15, -0.1) is 0 Å². The van der Waals surface area contributed by atoms with Crippen LogP contribution in [0.4, 0.5) is 4.79 Å². The summed E-state index contributed by atoms with van der Waals surface area (Å²) in [4.78, 5) is 10.8. The summed E-state index contributed by atoms with van der Waals surface area (Å²) in [7, 11) is -4.11. The lowest BCUT2D eigenvalue weighted by molar-refractivity contribution is -0.293. The molecule has 0 bridgehead atoms. The zero-order chi connectivity index (χ0) is 15.5. The molecule has 10 nitrogen and oxygen atoms in total. The Morgan fingerprint density at radius 1 is 1.38 bits per heavy atom. The Hall–Kier alpha value is -0.980. The summed E-state index contributed by atoms with van der Waals surface area (Å²) in [5.74, 6) is -2.58. The SMILES string of the molecule is CC1(C)O[C@H]2[C@@H]3OS(=O)(=O)O[C@@H]3CO[C@@]2(COC(N)=O)O1. The Bertz CT molecular complexity index is 561. The number of rotatable bonds is 2. The molecule has 3 rings (SSSR count). The second-order valence-electron chi connectivity index (χ2n) is 5.37. The second kappa shape index (κ2) is 4.51. The molecule has 0 unspecified atom stereocenters. The van der Waals surface area contributed by atoms with Crippen LogP contribution >= 0.6 is 0 Å². The number of hydrogen-bond donors (Lipinski definition) is 1. The predicted molar refractivity (Wildman–Crippen MR) is 62.9 cm³/mol. The van der Waals surface area contributed by atoms with Crippen molar-refractivity contribution < 1.29 is 40.5 Å². The van der Waals surface area contributed by atoms with Crippen LogP contribution in [0, 0.1) is 0 Å². The minimum atomic E-state index is -4.11. The molecule has 0 spiro atoms. The molecule has 0 aromatic rings. The van der Waals surface area contributed by atoms with Gasteiger partial charge in [-0.1, -0.05) is 0 Å². The fraction of sp³-hybridized carbons (Fsp3) is 0.900. The van der Waals surface area contributed by atoms with Gasteiger partial charge in [-0.3, -0.25) is 0 Å². The highest BCUT2D eigenvalue weighted by atomic mass is 32.3. The van der Waals surface area contributed by atoms with Crippen LogP contribution in [0.5, 0.6) is 0 Å². The molecular weight excluding hydrogens is 310 g/mol. The molecule has 1 amide bonds. The molecule has 3 heterocycles. The van der Waals surface area contributed by atoms with Crippen LogP contribution in [0.2, 0.25) is 0 Å². The van der Waals surface area contributed by atoms with Crippen molar-refractivity contribution in [3.05, 3.63) is 0 Å². The first kappa shape index (κ1) is 14.9. The lowest BCUT2D eigenvalue weighted by Crippen LogP contribution is -2.60. The van der Waals surface area contributed by atoms with E-state index in [1.165, 1.54) is 0 Å². The zero-order valence-corrected chi connectivity index (χ0v) is 12.1. The molecule has 3 aliphatic heterocycles. The van der Waals surface area contributed by atoms with Gasteiger partial charge < -0.3 is 24.7 Å². The van der Waals surface area contributed by atoms with Crippen LogP contribution in [0.25, 0.3) is 0 Å². The van der Waals surface area contributed by atoms with E-state index in [0.29, 0.717) is 0 Å². The van der Waals surface area contributed by atoms with Crippen LogP contribution in [0.3, 0.4) is 0 Å². The van der Waals surface area contributed by atoms with Gasteiger partial charge in [0.15, 0.2) is 12.4 Å². The summed E-state index contributed by atoms with van der Waals surface area (Å²) < 4.78 is 54.1. The van der Waals surface area contributed by atoms with E-state index in [0.717, 1.165) is 0 Å². The third-order valence-electron chi connectivity index (χ3n) is 3.31. The highest BCUT2D eigenvalue weighted by Crippen LogP contribution is 2.46. The van der Waals surface area contributed by atoms with Crippen molar-refractivity contribution >= 4 is 16.5 Å². The summed E-state index contributed by atoms with van der Waals surface area (Å²) >= 11 is 0. The van der Waals surface area contributed by atoms with E-state index in [-0.39, 0.29) is 13.2 Å². The average molecular weight is 325 g/mol. The van der Waals surface area contributed by atoms with Gasteiger partial charge in [0.25, 0.3) is 0 Å². The average Bonchev–Trinajstić information content (AvgIpc) is 2.78. The third-order valence-corrected chi connectivity index (χ3v) is 4.25. The van der Waals surface area contributed by atoms with Crippen LogP contribution in [-0.4, -0.2) is 57.6 Å². The monoisotopic (exact) mass is 325 g/mol. The van der Waals surface area contributed by atoms with Gasteiger partial charge in [-0.25, -0.2) is 13.2 Å². The van der Waals surface area contributed by atoms with E-state index in [1.807, 2.05) is 0 Å². The minimum absolute atomic E-state index is 0.123. The van der Waals surface area contributed by atoms with Crippen LogP contribution < -0.4 is 5.73 Å². The van der Waals surface area contributed by atoms with Gasteiger partial charge >= 0.3 is 16.5 Å². The Labute approximate surface area is 120 Å². The first-order chi connectivity index (χ1) is 9.63. The van der Waals surface area contributed by atoms with E-state index in [4.69, 9.17) is 33.0 Å². The molecule has 0 radical (unpaired) electrons. The van der Waals surface area contributed by atoms with Gasteiger partial charge in [-0.2, -0.15) is 8.42 Å². The normalized spacial score (nSPS) is 43.0. The lowest BCUT2D eigenvalue weighted by Gasteiger charge is -2.39. The molecule has 120 valence electrons. The molecule has 11 heteroatoms. The van der Waals surface area contributed by atoms with Crippen molar-refractivity contribution in [2.45, 2.75) is 43.7 Å². The molecule has 4 atom stereocenters. The molecule has 21 heavy (non-hydrogen) atoms. The van der Waals surface area contributed by atoms with E-state index in [1.54, 1.807) is 13.8 Å². The van der Waals surface area contributed by atoms with Crippen molar-refractivity contribution in [3.8, 4) is 0 Å². The van der Waals surface area contributed by atoms with Gasteiger partial charge in [0.2, 0.25) is 5.79 Å². The quantitative estimate of drug-likeness (QED) is 0.677. The molecule has 3 fully saturated rings. The fourth-order valence-electron chi connectivity index (χ4n) is 2.67. The van der Waals surface area contributed by atoms with E-state index in [2.05, 4.69) is 0 Å². The lowest BCUT2D eigenvalue weighted by atomic mass is 9.97. The highest BCUT2D eigenvalue weighted by molar-refractivity contribution is 7.82. The van der Waals surface area contributed by atoms with Crippen molar-refractivity contribution in [2.24, 2.45) is 5.73 Å². The highest BCUT2D eigenvalue weighted by Gasteiger charge is 2.66. The summed E-state index contributed by atoms with van der Waals surface area (Å²) in [6.45, 7) is 2.74. The Balaban J connectivity index is 1.89. The number of primary amides is 1. The van der Waals surface area contributed by atoms with E-state index >= 15 is 0 Å². The maximum absolute atomic E-state index is 11.4. The molecule has 3 aliphatic rings. The van der Waals surface area contributed by atoms with Crippen molar-refractivity contribution in [1.29, 1.82) is 0 Å². The number of nitrogens with two attached hydrogens (primary N) is 1.